The van der Waals surface area contributed by atoms with Crippen LogP contribution >= 0.6 is 0 Å². The first-order valence-corrected chi connectivity index (χ1v) is 5.19. The molecule has 92 valence electrons. The Balaban J connectivity index is 2.67. The van der Waals surface area contributed by atoms with Gasteiger partial charge in [0.15, 0.2) is 0 Å². The van der Waals surface area contributed by atoms with Crippen molar-refractivity contribution in [1.82, 2.24) is 5.32 Å². The number of carboxylic acids is 1. The molecule has 0 saturated carbocycles. The number of carboxylic acid groups (broad SMARTS) is 1. The summed E-state index contributed by atoms with van der Waals surface area (Å²) in [6.07, 6.45) is 0. The second-order valence-corrected chi connectivity index (χ2v) is 3.91. The standard InChI is InChI=1S/C12H14FNO3/c1-7-5-9(13)3-4-10(7)11(15)14-6-8(2)12(16)17/h3-5,8H,6H2,1-2H3,(H,14,15)(H,16,17). The van der Waals surface area contributed by atoms with Crippen LogP contribution in [0.5, 0.6) is 0 Å². The van der Waals surface area contributed by atoms with Crippen LogP contribution in [0.15, 0.2) is 18.2 Å². The van der Waals surface area contributed by atoms with Crippen molar-refractivity contribution in [2.45, 2.75) is 13.8 Å². The minimum absolute atomic E-state index is 0.0466. The minimum Gasteiger partial charge on any atom is -0.481 e. The normalized spacial score (nSPS) is 11.9. The molecule has 5 heteroatoms. The third-order valence-corrected chi connectivity index (χ3v) is 2.42. The smallest absolute Gasteiger partial charge is 0.308 e. The van der Waals surface area contributed by atoms with Gasteiger partial charge < -0.3 is 10.4 Å². The summed E-state index contributed by atoms with van der Waals surface area (Å²) in [6, 6.07) is 3.84. The van der Waals surface area contributed by atoms with Gasteiger partial charge in [0.25, 0.3) is 5.91 Å². The van der Waals surface area contributed by atoms with E-state index in [1.54, 1.807) is 6.92 Å². The van der Waals surface area contributed by atoms with Crippen molar-refractivity contribution in [2.24, 2.45) is 5.92 Å². The summed E-state index contributed by atoms with van der Waals surface area (Å²) in [5.74, 6) is -2.42. The van der Waals surface area contributed by atoms with E-state index >= 15 is 0 Å². The molecule has 1 amide bonds. The van der Waals surface area contributed by atoms with Gasteiger partial charge in [-0.05, 0) is 30.7 Å². The van der Waals surface area contributed by atoms with Gasteiger partial charge in [-0.3, -0.25) is 9.59 Å². The average Bonchev–Trinajstić information content (AvgIpc) is 2.25. The van der Waals surface area contributed by atoms with Crippen molar-refractivity contribution in [3.05, 3.63) is 35.1 Å². The van der Waals surface area contributed by atoms with E-state index in [0.29, 0.717) is 11.1 Å². The van der Waals surface area contributed by atoms with Crippen molar-refractivity contribution in [3.8, 4) is 0 Å². The molecule has 1 unspecified atom stereocenters. The minimum atomic E-state index is -0.971. The molecule has 0 aliphatic carbocycles. The highest BCUT2D eigenvalue weighted by atomic mass is 19.1. The lowest BCUT2D eigenvalue weighted by molar-refractivity contribution is -0.140. The van der Waals surface area contributed by atoms with E-state index in [0.717, 1.165) is 0 Å². The van der Waals surface area contributed by atoms with Crippen molar-refractivity contribution >= 4 is 11.9 Å². The third-order valence-electron chi connectivity index (χ3n) is 2.42. The van der Waals surface area contributed by atoms with Gasteiger partial charge in [0.2, 0.25) is 0 Å². The molecule has 17 heavy (non-hydrogen) atoms. The Hall–Kier alpha value is -1.91. The Morgan fingerprint density at radius 2 is 2.12 bits per heavy atom. The van der Waals surface area contributed by atoms with E-state index in [2.05, 4.69) is 5.32 Å². The van der Waals surface area contributed by atoms with Crippen LogP contribution in [0.25, 0.3) is 0 Å². The van der Waals surface area contributed by atoms with Crippen LogP contribution in [0.4, 0.5) is 4.39 Å². The van der Waals surface area contributed by atoms with Gasteiger partial charge in [-0.2, -0.15) is 0 Å². The fraction of sp³-hybridized carbons (Fsp3) is 0.333. The number of benzene rings is 1. The predicted octanol–water partition coefficient (Wildman–Crippen LogP) is 1.58. The van der Waals surface area contributed by atoms with Gasteiger partial charge in [-0.1, -0.05) is 6.92 Å². The number of aliphatic carboxylic acids is 1. The molecule has 0 spiro atoms. The van der Waals surface area contributed by atoms with E-state index in [4.69, 9.17) is 5.11 Å². The van der Waals surface area contributed by atoms with Crippen molar-refractivity contribution in [3.63, 3.8) is 0 Å². The Morgan fingerprint density at radius 1 is 1.47 bits per heavy atom. The number of carbonyl (C=O) groups excluding carboxylic acids is 1. The zero-order chi connectivity index (χ0) is 13.0. The molecule has 0 aliphatic rings. The number of rotatable bonds is 4. The molecule has 1 aromatic rings. The fourth-order valence-electron chi connectivity index (χ4n) is 1.31. The molecule has 0 saturated heterocycles. The van der Waals surface area contributed by atoms with Gasteiger partial charge in [-0.25, -0.2) is 4.39 Å². The van der Waals surface area contributed by atoms with E-state index in [-0.39, 0.29) is 6.54 Å². The first kappa shape index (κ1) is 13.2. The molecular weight excluding hydrogens is 225 g/mol. The predicted molar refractivity (Wildman–Crippen MR) is 60.3 cm³/mol. The molecule has 4 nitrogen and oxygen atoms in total. The number of nitrogens with one attached hydrogen (secondary N) is 1. The molecule has 0 aliphatic heterocycles. The zero-order valence-corrected chi connectivity index (χ0v) is 9.66. The fourth-order valence-corrected chi connectivity index (χ4v) is 1.31. The Kier molecular flexibility index (Phi) is 4.20. The highest BCUT2D eigenvalue weighted by Gasteiger charge is 2.14. The zero-order valence-electron chi connectivity index (χ0n) is 9.66. The number of amides is 1. The monoisotopic (exact) mass is 239 g/mol. The van der Waals surface area contributed by atoms with Gasteiger partial charge in [-0.15, -0.1) is 0 Å². The van der Waals surface area contributed by atoms with Crippen LogP contribution in [0.3, 0.4) is 0 Å². The molecule has 0 aromatic heterocycles. The average molecular weight is 239 g/mol. The van der Waals surface area contributed by atoms with Gasteiger partial charge in [0.05, 0.1) is 5.92 Å². The number of carbonyl (C=O) groups is 2. The van der Waals surface area contributed by atoms with Gasteiger partial charge in [0.1, 0.15) is 5.82 Å². The van der Waals surface area contributed by atoms with E-state index in [1.165, 1.54) is 25.1 Å². The van der Waals surface area contributed by atoms with Crippen molar-refractivity contribution < 1.29 is 19.1 Å². The van der Waals surface area contributed by atoms with E-state index < -0.39 is 23.6 Å². The summed E-state index contributed by atoms with van der Waals surface area (Å²) in [6.45, 7) is 3.17. The number of hydrogen-bond donors (Lipinski definition) is 2. The second kappa shape index (κ2) is 5.43. The van der Waals surface area contributed by atoms with Gasteiger partial charge in [0, 0.05) is 12.1 Å². The lowest BCUT2D eigenvalue weighted by atomic mass is 10.1. The molecule has 0 radical (unpaired) electrons. The first-order valence-electron chi connectivity index (χ1n) is 5.19. The summed E-state index contributed by atoms with van der Waals surface area (Å²) >= 11 is 0. The summed E-state index contributed by atoms with van der Waals surface area (Å²) in [5.41, 5.74) is 0.870. The number of hydrogen-bond acceptors (Lipinski definition) is 2. The molecular formula is C12H14FNO3. The largest absolute Gasteiger partial charge is 0.481 e. The topological polar surface area (TPSA) is 66.4 Å². The van der Waals surface area contributed by atoms with Crippen LogP contribution in [0.2, 0.25) is 0 Å². The maximum Gasteiger partial charge on any atom is 0.308 e. The molecule has 1 aromatic carbocycles. The Labute approximate surface area is 98.5 Å². The molecule has 1 rings (SSSR count). The number of halogens is 1. The van der Waals surface area contributed by atoms with Crippen LogP contribution in [0, 0.1) is 18.7 Å². The summed E-state index contributed by atoms with van der Waals surface area (Å²) < 4.78 is 12.8. The van der Waals surface area contributed by atoms with Crippen LogP contribution in [-0.2, 0) is 4.79 Å². The Bertz CT molecular complexity index is 445. The summed E-state index contributed by atoms with van der Waals surface area (Å²) in [7, 11) is 0. The van der Waals surface area contributed by atoms with Crippen LogP contribution in [0.1, 0.15) is 22.8 Å². The molecule has 0 bridgehead atoms. The van der Waals surface area contributed by atoms with Crippen molar-refractivity contribution in [1.29, 1.82) is 0 Å². The van der Waals surface area contributed by atoms with Crippen LogP contribution < -0.4 is 5.32 Å². The lowest BCUT2D eigenvalue weighted by Crippen LogP contribution is -2.31. The van der Waals surface area contributed by atoms with Crippen molar-refractivity contribution in [2.75, 3.05) is 6.54 Å². The highest BCUT2D eigenvalue weighted by Crippen LogP contribution is 2.10. The third kappa shape index (κ3) is 3.55. The summed E-state index contributed by atoms with van der Waals surface area (Å²) in [4.78, 5) is 22.2. The molecule has 0 heterocycles. The maximum atomic E-state index is 12.8. The summed E-state index contributed by atoms with van der Waals surface area (Å²) in [5, 5.41) is 11.2. The SMILES string of the molecule is Cc1cc(F)ccc1C(=O)NCC(C)C(=O)O. The quantitative estimate of drug-likeness (QED) is 0.838. The number of aryl methyl sites for hydroxylation is 1. The maximum absolute atomic E-state index is 12.8. The van der Waals surface area contributed by atoms with E-state index in [1.807, 2.05) is 0 Å². The van der Waals surface area contributed by atoms with Gasteiger partial charge >= 0.3 is 5.97 Å². The lowest BCUT2D eigenvalue weighted by Gasteiger charge is -2.10. The van der Waals surface area contributed by atoms with Crippen LogP contribution in [-0.4, -0.2) is 23.5 Å². The first-order chi connectivity index (χ1) is 7.91. The molecule has 2 N–H and O–H groups in total. The van der Waals surface area contributed by atoms with E-state index in [9.17, 15) is 14.0 Å². The highest BCUT2D eigenvalue weighted by molar-refractivity contribution is 5.95. The Morgan fingerprint density at radius 3 is 2.65 bits per heavy atom. The molecule has 1 atom stereocenters. The molecule has 0 fully saturated rings. The second-order valence-electron chi connectivity index (χ2n) is 3.91.